The summed E-state index contributed by atoms with van der Waals surface area (Å²) in [7, 11) is 0. The molecule has 5 rings (SSSR count). The van der Waals surface area contributed by atoms with E-state index in [1.54, 1.807) is 0 Å². The monoisotopic (exact) mass is 595 g/mol. The van der Waals surface area contributed by atoms with Crippen LogP contribution in [-0.4, -0.2) is 0 Å². The SMILES string of the molecule is CC1C(C)C2C(C)C(C1C)C(C)(C)C1C(C)C(C)C(C1C)C(C)(C)C1CC(C)[C@H](C1C)C(C)(C)C1C[C@@H](C(C)C1C)C2C. The molecule has 0 amide bonds. The second kappa shape index (κ2) is 11.0. The van der Waals surface area contributed by atoms with Gasteiger partial charge >= 0.3 is 0 Å². The van der Waals surface area contributed by atoms with Gasteiger partial charge < -0.3 is 0 Å². The summed E-state index contributed by atoms with van der Waals surface area (Å²) in [5, 5.41) is 0. The quantitative estimate of drug-likeness (QED) is 0.262. The Kier molecular flexibility index (Phi) is 8.81. The molecule has 0 aromatic carbocycles. The van der Waals surface area contributed by atoms with Crippen molar-refractivity contribution in [3.8, 4) is 0 Å². The van der Waals surface area contributed by atoms with Crippen LogP contribution in [0.3, 0.4) is 0 Å². The lowest BCUT2D eigenvalue weighted by Crippen LogP contribution is -2.53. The highest BCUT2D eigenvalue weighted by atomic mass is 14.7. The Labute approximate surface area is 271 Å². The summed E-state index contributed by atoms with van der Waals surface area (Å²) in [5.41, 5.74) is 1.14. The molecule has 0 aromatic rings. The second-order valence-electron chi connectivity index (χ2n) is 20.9. The zero-order valence-corrected chi connectivity index (χ0v) is 32.5. The fraction of sp³-hybridized carbons (Fsp3) is 1.00. The second-order valence-corrected chi connectivity index (χ2v) is 20.9. The molecule has 5 aliphatic rings. The molecule has 0 heterocycles. The molecule has 43 heavy (non-hydrogen) atoms. The van der Waals surface area contributed by atoms with Gasteiger partial charge in [0, 0.05) is 0 Å². The largest absolute Gasteiger partial charge is 0.0622 e. The van der Waals surface area contributed by atoms with Crippen molar-refractivity contribution in [1.29, 1.82) is 0 Å². The van der Waals surface area contributed by atoms with Gasteiger partial charge in [-0.15, -0.1) is 0 Å². The summed E-state index contributed by atoms with van der Waals surface area (Å²) in [6.45, 7) is 48.9. The third-order valence-corrected chi connectivity index (χ3v) is 18.8. The summed E-state index contributed by atoms with van der Waals surface area (Å²) in [4.78, 5) is 0. The first-order valence-electron chi connectivity index (χ1n) is 19.6. The van der Waals surface area contributed by atoms with Crippen LogP contribution in [0.4, 0.5) is 0 Å². The molecule has 5 fully saturated rings. The predicted octanol–water partition coefficient (Wildman–Crippen LogP) is 12.5. The normalized spacial score (nSPS) is 59.3. The molecule has 0 radical (unpaired) electrons. The number of hydrogen-bond acceptors (Lipinski definition) is 0. The van der Waals surface area contributed by atoms with Crippen LogP contribution in [0.15, 0.2) is 0 Å². The van der Waals surface area contributed by atoms with Gasteiger partial charge in [-0.25, -0.2) is 0 Å². The lowest BCUT2D eigenvalue weighted by atomic mass is 9.46. The summed E-state index contributed by atoms with van der Waals surface area (Å²) in [5.74, 6) is 16.4. The molecule has 250 valence electrons. The Balaban J connectivity index is 1.70. The molecule has 18 unspecified atom stereocenters. The molecule has 0 heteroatoms. The van der Waals surface area contributed by atoms with Crippen LogP contribution in [0.5, 0.6) is 0 Å². The molecule has 0 N–H and O–H groups in total. The Morgan fingerprint density at radius 2 is 0.767 bits per heavy atom. The average Bonchev–Trinajstić information content (AvgIpc) is 3.45. The minimum absolute atomic E-state index is 0.358. The van der Waals surface area contributed by atoms with Crippen molar-refractivity contribution in [2.45, 2.75) is 137 Å². The average molecular weight is 595 g/mol. The first-order valence-corrected chi connectivity index (χ1v) is 19.6. The van der Waals surface area contributed by atoms with Crippen molar-refractivity contribution in [1.82, 2.24) is 0 Å². The fourth-order valence-electron chi connectivity index (χ4n) is 17.3. The van der Waals surface area contributed by atoms with E-state index in [4.69, 9.17) is 0 Å². The summed E-state index contributed by atoms with van der Waals surface area (Å²) in [6, 6.07) is 0. The highest BCUT2D eigenvalue weighted by molar-refractivity contribution is 5.12. The van der Waals surface area contributed by atoms with E-state index in [2.05, 4.69) is 125 Å². The van der Waals surface area contributed by atoms with Crippen molar-refractivity contribution in [2.24, 2.45) is 135 Å². The molecular weight excluding hydrogens is 516 g/mol. The highest BCUT2D eigenvalue weighted by Gasteiger charge is 2.64. The van der Waals surface area contributed by atoms with Crippen LogP contribution in [-0.2, 0) is 0 Å². The van der Waals surface area contributed by atoms with E-state index in [1.165, 1.54) is 12.8 Å². The number of fused-ring (bicyclic) bond motifs is 8. The van der Waals surface area contributed by atoms with Gasteiger partial charge in [0.25, 0.3) is 0 Å². The standard InChI is InChI=1S/C43H78/c1-21-19-34-30(10)37(21)41(13,14)35-20-33(23(3)24(35)4)29(9)36-25(5)22(2)26(6)38(31(36)11)43(17,18)40-28(8)27(7)39(32(40)12)42(34,15)16/h21-40H,19-20H2,1-18H3/t21?,22?,23?,24?,25?,26?,27?,28?,29?,30?,31?,32?,33-,34?,35?,36?,37+,38?,39?,40?/m0/s1. The van der Waals surface area contributed by atoms with Crippen molar-refractivity contribution >= 4 is 0 Å². The lowest BCUT2D eigenvalue weighted by Gasteiger charge is -2.59. The third kappa shape index (κ3) is 4.67. The number of rotatable bonds is 0. The van der Waals surface area contributed by atoms with Gasteiger partial charge in [-0.1, -0.05) is 125 Å². The molecule has 5 saturated carbocycles. The third-order valence-electron chi connectivity index (χ3n) is 18.8. The molecule has 0 saturated heterocycles. The fourth-order valence-corrected chi connectivity index (χ4v) is 17.3. The van der Waals surface area contributed by atoms with Gasteiger partial charge in [-0.3, -0.25) is 0 Å². The smallest absolute Gasteiger partial charge is 0.0287 e. The molecule has 8 bridgehead atoms. The minimum Gasteiger partial charge on any atom is -0.0622 e. The molecule has 0 aliphatic heterocycles. The topological polar surface area (TPSA) is 0 Å². The molecule has 0 aromatic heterocycles. The Bertz CT molecular complexity index is 1000. The molecule has 0 nitrogen and oxygen atoms in total. The first-order chi connectivity index (χ1) is 19.6. The van der Waals surface area contributed by atoms with Gasteiger partial charge in [0.05, 0.1) is 0 Å². The molecule has 5 aliphatic carbocycles. The van der Waals surface area contributed by atoms with Gasteiger partial charge in [0.2, 0.25) is 0 Å². The summed E-state index contributed by atoms with van der Waals surface area (Å²) < 4.78 is 0. The Hall–Kier alpha value is 0. The van der Waals surface area contributed by atoms with E-state index in [9.17, 15) is 0 Å². The molecular formula is C43H78. The van der Waals surface area contributed by atoms with Crippen LogP contribution in [0.1, 0.15) is 137 Å². The summed E-state index contributed by atoms with van der Waals surface area (Å²) in [6.07, 6.45) is 2.93. The maximum atomic E-state index is 2.77. The maximum absolute atomic E-state index is 2.77. The molecule has 20 atom stereocenters. The molecule has 0 spiro atoms. The van der Waals surface area contributed by atoms with Crippen LogP contribution in [0.2, 0.25) is 0 Å². The van der Waals surface area contributed by atoms with Crippen molar-refractivity contribution in [2.75, 3.05) is 0 Å². The van der Waals surface area contributed by atoms with E-state index in [0.29, 0.717) is 16.2 Å². The Morgan fingerprint density at radius 3 is 1.33 bits per heavy atom. The number of hydrogen-bond donors (Lipinski definition) is 0. The lowest BCUT2D eigenvalue weighted by molar-refractivity contribution is -0.109. The Morgan fingerprint density at radius 1 is 0.326 bits per heavy atom. The summed E-state index contributed by atoms with van der Waals surface area (Å²) >= 11 is 0. The van der Waals surface area contributed by atoms with Gasteiger partial charge in [0.15, 0.2) is 0 Å². The van der Waals surface area contributed by atoms with E-state index < -0.39 is 0 Å². The van der Waals surface area contributed by atoms with Gasteiger partial charge in [0.1, 0.15) is 0 Å². The van der Waals surface area contributed by atoms with E-state index in [0.717, 1.165) is 118 Å². The zero-order chi connectivity index (χ0) is 32.5. The van der Waals surface area contributed by atoms with E-state index >= 15 is 0 Å². The van der Waals surface area contributed by atoms with Crippen LogP contribution in [0, 0.1) is 135 Å². The minimum atomic E-state index is 0.358. The van der Waals surface area contributed by atoms with Crippen LogP contribution >= 0.6 is 0 Å². The van der Waals surface area contributed by atoms with Gasteiger partial charge in [-0.05, 0) is 147 Å². The maximum Gasteiger partial charge on any atom is -0.0287 e. The predicted molar refractivity (Wildman–Crippen MR) is 188 cm³/mol. The van der Waals surface area contributed by atoms with Crippen LogP contribution < -0.4 is 0 Å². The first kappa shape index (κ1) is 34.3. The zero-order valence-electron chi connectivity index (χ0n) is 32.5. The van der Waals surface area contributed by atoms with Crippen LogP contribution in [0.25, 0.3) is 0 Å². The van der Waals surface area contributed by atoms with Crippen molar-refractivity contribution < 1.29 is 0 Å². The van der Waals surface area contributed by atoms with Crippen molar-refractivity contribution in [3.63, 3.8) is 0 Å². The highest BCUT2D eigenvalue weighted by Crippen LogP contribution is 2.69. The van der Waals surface area contributed by atoms with E-state index in [1.807, 2.05) is 0 Å². The van der Waals surface area contributed by atoms with Gasteiger partial charge in [-0.2, -0.15) is 0 Å². The van der Waals surface area contributed by atoms with E-state index in [-0.39, 0.29) is 0 Å². The van der Waals surface area contributed by atoms with Crippen molar-refractivity contribution in [3.05, 3.63) is 0 Å².